The molecule has 0 N–H and O–H groups in total. The summed E-state index contributed by atoms with van der Waals surface area (Å²) in [6.07, 6.45) is 3.47. The van der Waals surface area contributed by atoms with Crippen molar-refractivity contribution in [3.05, 3.63) is 162 Å². The maximum Gasteiger partial charge on any atom is 0.0780 e. The number of allylic oxidation sites excluding steroid dienone is 1. The highest BCUT2D eigenvalue weighted by Crippen LogP contribution is 2.52. The van der Waals surface area contributed by atoms with Gasteiger partial charge in [-0.2, -0.15) is 0 Å². The monoisotopic (exact) mass is 589 g/mol. The molecule has 1 aliphatic heterocycles. The molecule has 0 saturated carbocycles. The molecule has 0 radical (unpaired) electrons. The molecule has 6 aromatic carbocycles. The third kappa shape index (κ3) is 3.48. The van der Waals surface area contributed by atoms with Crippen molar-refractivity contribution in [1.29, 1.82) is 0 Å². The molecule has 0 spiro atoms. The maximum atomic E-state index is 2.56. The average molecular weight is 590 g/mol. The molecule has 8 aromatic rings. The second kappa shape index (κ2) is 9.60. The zero-order valence-corrected chi connectivity index (χ0v) is 25.6. The number of fused-ring (bicyclic) bond motifs is 8. The quantitative estimate of drug-likeness (QED) is 0.200. The Morgan fingerprint density at radius 1 is 0.522 bits per heavy atom. The number of nitrogens with zero attached hydrogens (tertiary/aromatic N) is 3. The van der Waals surface area contributed by atoms with Crippen molar-refractivity contribution in [2.24, 2.45) is 0 Å². The highest BCUT2D eigenvalue weighted by molar-refractivity contribution is 6.12. The van der Waals surface area contributed by atoms with Gasteiger partial charge >= 0.3 is 0 Å². The summed E-state index contributed by atoms with van der Waals surface area (Å²) in [4.78, 5) is 2.43. The van der Waals surface area contributed by atoms with E-state index in [1.807, 2.05) is 0 Å². The Hall–Kier alpha value is -5.80. The highest BCUT2D eigenvalue weighted by Gasteiger charge is 2.33. The second-order valence-corrected chi connectivity index (χ2v) is 12.7. The van der Waals surface area contributed by atoms with Crippen LogP contribution in [0.15, 0.2) is 146 Å². The molecule has 3 heterocycles. The van der Waals surface area contributed by atoms with E-state index in [1.165, 1.54) is 83.5 Å². The van der Waals surface area contributed by atoms with Crippen LogP contribution >= 0.6 is 0 Å². The van der Waals surface area contributed by atoms with Crippen LogP contribution in [-0.4, -0.2) is 9.13 Å². The van der Waals surface area contributed by atoms with E-state index < -0.39 is 0 Å². The lowest BCUT2D eigenvalue weighted by Gasteiger charge is -2.34. The van der Waals surface area contributed by atoms with E-state index in [9.17, 15) is 0 Å². The predicted octanol–water partition coefficient (Wildman–Crippen LogP) is 11.6. The van der Waals surface area contributed by atoms with Gasteiger partial charge in [0.05, 0.1) is 33.6 Å². The minimum absolute atomic E-state index is 0.355. The molecule has 3 heteroatoms. The molecule has 0 bridgehead atoms. The largest absolute Gasteiger partial charge is 0.309 e. The van der Waals surface area contributed by atoms with Gasteiger partial charge in [0.1, 0.15) is 0 Å². The Labute approximate surface area is 267 Å². The number of hydrogen-bond donors (Lipinski definition) is 0. The van der Waals surface area contributed by atoms with Crippen LogP contribution in [0.5, 0.6) is 0 Å². The van der Waals surface area contributed by atoms with E-state index in [-0.39, 0.29) is 0 Å². The van der Waals surface area contributed by atoms with Crippen molar-refractivity contribution in [3.63, 3.8) is 0 Å². The Morgan fingerprint density at radius 2 is 1.17 bits per heavy atom. The van der Waals surface area contributed by atoms with Gasteiger partial charge in [-0.25, -0.2) is 0 Å². The van der Waals surface area contributed by atoms with E-state index in [0.717, 1.165) is 6.42 Å². The molecule has 2 aromatic heterocycles. The molecule has 3 nitrogen and oxygen atoms in total. The summed E-state index contributed by atoms with van der Waals surface area (Å²) < 4.78 is 4.95. The molecule has 10 rings (SSSR count). The summed E-state index contributed by atoms with van der Waals surface area (Å²) in [7, 11) is 0. The van der Waals surface area contributed by atoms with E-state index in [1.54, 1.807) is 0 Å². The van der Waals surface area contributed by atoms with Gasteiger partial charge in [-0.3, -0.25) is 0 Å². The first-order valence-electron chi connectivity index (χ1n) is 16.2. The number of aromatic nitrogens is 2. The van der Waals surface area contributed by atoms with Gasteiger partial charge in [-0.05, 0) is 84.3 Å². The van der Waals surface area contributed by atoms with Gasteiger partial charge in [0.15, 0.2) is 0 Å². The van der Waals surface area contributed by atoms with Crippen molar-refractivity contribution in [2.75, 3.05) is 4.90 Å². The molecule has 1 aliphatic carbocycles. The van der Waals surface area contributed by atoms with Gasteiger partial charge in [-0.1, -0.05) is 91.9 Å². The lowest BCUT2D eigenvalue weighted by Crippen LogP contribution is -2.19. The zero-order valence-electron chi connectivity index (χ0n) is 25.6. The second-order valence-electron chi connectivity index (χ2n) is 12.7. The molecule has 1 unspecified atom stereocenters. The Bertz CT molecular complexity index is 2510. The molecule has 0 fully saturated rings. The number of anilines is 3. The standard InChI is InChI=1S/C43H31N3/c1-28-25-30(29-23-24-38-35(26-29)33-17-8-9-19-37(33)44(38)31-13-4-2-5-14-31)27-36-34-18-12-22-41-43(34)46(42(28)36)40-21-11-10-20-39(40)45(41)32-15-6-3-7-16-32/h2-24,26-28H,25H2,1H3. The van der Waals surface area contributed by atoms with Gasteiger partial charge in [0.2, 0.25) is 0 Å². The SMILES string of the molecule is CC1CC(c2ccc3c(c2)c2ccccc2n3-c2ccccc2)=Cc2c1n1c3c(cccc23)N(c2ccccc2)c2ccccc2-1. The third-order valence-corrected chi connectivity index (χ3v) is 10.0. The first-order chi connectivity index (χ1) is 22.8. The smallest absolute Gasteiger partial charge is 0.0780 e. The summed E-state index contributed by atoms with van der Waals surface area (Å²) in [5.41, 5.74) is 15.3. The molecule has 0 amide bonds. The van der Waals surface area contributed by atoms with E-state index in [2.05, 4.69) is 173 Å². The normalized spacial score (nSPS) is 15.3. The van der Waals surface area contributed by atoms with Crippen molar-refractivity contribution in [1.82, 2.24) is 9.13 Å². The van der Waals surface area contributed by atoms with Crippen LogP contribution in [0.2, 0.25) is 0 Å². The maximum absolute atomic E-state index is 2.56. The van der Waals surface area contributed by atoms with Crippen LogP contribution in [0, 0.1) is 0 Å². The highest BCUT2D eigenvalue weighted by atomic mass is 15.2. The number of para-hydroxylation sites is 6. The Balaban J connectivity index is 1.20. The molecular formula is C43H31N3. The lowest BCUT2D eigenvalue weighted by atomic mass is 9.84. The van der Waals surface area contributed by atoms with Gasteiger partial charge in [0, 0.05) is 44.7 Å². The number of rotatable bonds is 3. The van der Waals surface area contributed by atoms with Crippen molar-refractivity contribution in [3.8, 4) is 11.4 Å². The zero-order chi connectivity index (χ0) is 30.4. The van der Waals surface area contributed by atoms with Gasteiger partial charge in [-0.15, -0.1) is 0 Å². The molecule has 46 heavy (non-hydrogen) atoms. The van der Waals surface area contributed by atoms with E-state index in [0.29, 0.717) is 5.92 Å². The minimum Gasteiger partial charge on any atom is -0.309 e. The average Bonchev–Trinajstić information content (AvgIpc) is 3.63. The van der Waals surface area contributed by atoms with Crippen molar-refractivity contribution < 1.29 is 0 Å². The Morgan fingerprint density at radius 3 is 2.00 bits per heavy atom. The van der Waals surface area contributed by atoms with Crippen LogP contribution in [0.1, 0.15) is 36.1 Å². The first-order valence-corrected chi connectivity index (χ1v) is 16.2. The molecule has 0 saturated heterocycles. The fourth-order valence-electron chi connectivity index (χ4n) is 8.15. The Kier molecular flexibility index (Phi) is 5.32. The lowest BCUT2D eigenvalue weighted by molar-refractivity contribution is 0.731. The topological polar surface area (TPSA) is 13.1 Å². The minimum atomic E-state index is 0.355. The van der Waals surface area contributed by atoms with Gasteiger partial charge in [0.25, 0.3) is 0 Å². The summed E-state index contributed by atoms with van der Waals surface area (Å²) >= 11 is 0. The van der Waals surface area contributed by atoms with Crippen LogP contribution in [0.3, 0.4) is 0 Å². The summed E-state index contributed by atoms with van der Waals surface area (Å²) in [5, 5.41) is 3.90. The van der Waals surface area contributed by atoms with Crippen molar-refractivity contribution >= 4 is 61.4 Å². The number of benzene rings is 6. The van der Waals surface area contributed by atoms with Crippen LogP contribution in [0.4, 0.5) is 17.1 Å². The molecular weight excluding hydrogens is 558 g/mol. The van der Waals surface area contributed by atoms with E-state index >= 15 is 0 Å². The van der Waals surface area contributed by atoms with Gasteiger partial charge < -0.3 is 14.0 Å². The molecule has 218 valence electrons. The summed E-state index contributed by atoms with van der Waals surface area (Å²) in [6, 6.07) is 53.0. The fraction of sp³-hybridized carbons (Fsp3) is 0.0698. The van der Waals surface area contributed by atoms with Crippen molar-refractivity contribution in [2.45, 2.75) is 19.3 Å². The third-order valence-electron chi connectivity index (χ3n) is 10.0. The fourth-order valence-corrected chi connectivity index (χ4v) is 8.15. The number of hydrogen-bond acceptors (Lipinski definition) is 1. The van der Waals surface area contributed by atoms with Crippen LogP contribution in [0.25, 0.3) is 55.7 Å². The molecule has 2 aliphatic rings. The first kappa shape index (κ1) is 25.5. The van der Waals surface area contributed by atoms with Crippen LogP contribution < -0.4 is 4.90 Å². The predicted molar refractivity (Wildman–Crippen MR) is 193 cm³/mol. The summed E-state index contributed by atoms with van der Waals surface area (Å²) in [5.74, 6) is 0.355. The van der Waals surface area contributed by atoms with E-state index in [4.69, 9.17) is 0 Å². The molecule has 1 atom stereocenters. The van der Waals surface area contributed by atoms with Crippen LogP contribution in [-0.2, 0) is 0 Å². The summed E-state index contributed by atoms with van der Waals surface area (Å²) in [6.45, 7) is 2.40.